The zero-order chi connectivity index (χ0) is 10.6. The van der Waals surface area contributed by atoms with Gasteiger partial charge in [-0.2, -0.15) is 0 Å². The van der Waals surface area contributed by atoms with Gasteiger partial charge in [0.15, 0.2) is 0 Å². The van der Waals surface area contributed by atoms with E-state index in [-0.39, 0.29) is 0 Å². The maximum atomic E-state index is 5.74. The molecular weight excluding hydrogens is 533 g/mol. The minimum absolute atomic E-state index is 0.857. The van der Waals surface area contributed by atoms with Gasteiger partial charge in [0.2, 0.25) is 0 Å². The predicted octanol–water partition coefficient (Wildman–Crippen LogP) is 3.05. The SMILES string of the molecule is [SiH3]CCCOc1cc(I)cc(I)c1I. The first-order chi connectivity index (χ1) is 6.65. The molecule has 0 aliphatic heterocycles. The van der Waals surface area contributed by atoms with E-state index in [1.807, 2.05) is 0 Å². The number of halogens is 3. The van der Waals surface area contributed by atoms with Crippen LogP contribution in [-0.4, -0.2) is 16.8 Å². The molecule has 0 bridgehead atoms. The van der Waals surface area contributed by atoms with Crippen LogP contribution < -0.4 is 4.74 Å². The second-order valence-corrected chi connectivity index (χ2v) is 7.39. The number of benzene rings is 1. The van der Waals surface area contributed by atoms with Gasteiger partial charge < -0.3 is 4.74 Å². The lowest BCUT2D eigenvalue weighted by Gasteiger charge is -2.09. The quantitative estimate of drug-likeness (QED) is 0.246. The first kappa shape index (κ1) is 13.5. The van der Waals surface area contributed by atoms with Crippen LogP contribution in [0.2, 0.25) is 6.04 Å². The zero-order valence-corrected chi connectivity index (χ0v) is 16.3. The molecular formula is C9H11I3OSi. The molecule has 14 heavy (non-hydrogen) atoms. The summed E-state index contributed by atoms with van der Waals surface area (Å²) in [5.74, 6) is 1.04. The first-order valence-corrected chi connectivity index (χ1v) is 9.07. The Morgan fingerprint density at radius 3 is 2.57 bits per heavy atom. The van der Waals surface area contributed by atoms with E-state index in [9.17, 15) is 0 Å². The fraction of sp³-hybridized carbons (Fsp3) is 0.333. The van der Waals surface area contributed by atoms with Gasteiger partial charge in [0, 0.05) is 17.4 Å². The van der Waals surface area contributed by atoms with Crippen molar-refractivity contribution in [3.8, 4) is 5.75 Å². The van der Waals surface area contributed by atoms with Crippen molar-refractivity contribution in [1.29, 1.82) is 0 Å². The van der Waals surface area contributed by atoms with Crippen molar-refractivity contribution < 1.29 is 4.74 Å². The minimum atomic E-state index is 0.857. The van der Waals surface area contributed by atoms with Crippen molar-refractivity contribution in [1.82, 2.24) is 0 Å². The molecule has 0 fully saturated rings. The summed E-state index contributed by atoms with van der Waals surface area (Å²) >= 11 is 7.02. The summed E-state index contributed by atoms with van der Waals surface area (Å²) < 4.78 is 9.50. The molecule has 0 saturated carbocycles. The molecule has 5 heteroatoms. The summed E-state index contributed by atoms with van der Waals surface area (Å²) in [4.78, 5) is 0. The van der Waals surface area contributed by atoms with Crippen LogP contribution in [0, 0.1) is 10.7 Å². The van der Waals surface area contributed by atoms with Gasteiger partial charge in [-0.1, -0.05) is 6.04 Å². The smallest absolute Gasteiger partial charge is 0.134 e. The van der Waals surface area contributed by atoms with E-state index in [0.29, 0.717) is 0 Å². The molecule has 0 N–H and O–H groups in total. The van der Waals surface area contributed by atoms with Crippen molar-refractivity contribution in [2.24, 2.45) is 0 Å². The average molecular weight is 544 g/mol. The number of rotatable bonds is 4. The fourth-order valence-electron chi connectivity index (χ4n) is 0.964. The van der Waals surface area contributed by atoms with Gasteiger partial charge in [0.1, 0.15) is 5.75 Å². The lowest BCUT2D eigenvalue weighted by Crippen LogP contribution is -2.00. The molecule has 1 aromatic rings. The molecule has 0 amide bonds. The summed E-state index contributed by atoms with van der Waals surface area (Å²) in [6.07, 6.45) is 1.18. The standard InChI is InChI=1S/C9H11I3OSi/c10-6-4-7(11)9(12)8(5-6)13-2-1-3-14/h4-5H,1-3H2,14H3. The van der Waals surface area contributed by atoms with Crippen molar-refractivity contribution >= 4 is 78.0 Å². The van der Waals surface area contributed by atoms with Gasteiger partial charge in [-0.3, -0.25) is 0 Å². The van der Waals surface area contributed by atoms with Crippen molar-refractivity contribution in [3.63, 3.8) is 0 Å². The maximum Gasteiger partial charge on any atom is 0.134 e. The highest BCUT2D eigenvalue weighted by Gasteiger charge is 2.06. The molecule has 0 spiro atoms. The second kappa shape index (κ2) is 6.89. The molecule has 0 aromatic heterocycles. The Kier molecular flexibility index (Phi) is 6.64. The van der Waals surface area contributed by atoms with Crippen LogP contribution in [0.3, 0.4) is 0 Å². The van der Waals surface area contributed by atoms with Gasteiger partial charge >= 0.3 is 0 Å². The summed E-state index contributed by atoms with van der Waals surface area (Å²) in [6, 6.07) is 5.59. The van der Waals surface area contributed by atoms with Crippen LogP contribution in [-0.2, 0) is 0 Å². The third kappa shape index (κ3) is 4.12. The van der Waals surface area contributed by atoms with E-state index in [4.69, 9.17) is 4.74 Å². The molecule has 0 atom stereocenters. The van der Waals surface area contributed by atoms with E-state index < -0.39 is 0 Å². The van der Waals surface area contributed by atoms with E-state index in [2.05, 4.69) is 79.9 Å². The van der Waals surface area contributed by atoms with E-state index in [1.165, 1.54) is 33.4 Å². The Morgan fingerprint density at radius 2 is 1.93 bits per heavy atom. The normalized spacial score (nSPS) is 10.5. The van der Waals surface area contributed by atoms with Crippen molar-refractivity contribution in [2.45, 2.75) is 12.5 Å². The van der Waals surface area contributed by atoms with Crippen LogP contribution in [0.4, 0.5) is 0 Å². The van der Waals surface area contributed by atoms with Crippen LogP contribution in [0.5, 0.6) is 5.75 Å². The zero-order valence-electron chi connectivity index (χ0n) is 7.82. The molecule has 0 unspecified atom stereocenters. The van der Waals surface area contributed by atoms with E-state index in [0.717, 1.165) is 12.4 Å². The Hall–Kier alpha value is 1.43. The molecule has 1 nitrogen and oxygen atoms in total. The summed E-state index contributed by atoms with van der Waals surface area (Å²) in [5.41, 5.74) is 0. The number of ether oxygens (including phenoxy) is 1. The summed E-state index contributed by atoms with van der Waals surface area (Å²) in [7, 11) is 1.28. The predicted molar refractivity (Wildman–Crippen MR) is 89.5 cm³/mol. The minimum Gasteiger partial charge on any atom is -0.492 e. The van der Waals surface area contributed by atoms with Crippen molar-refractivity contribution in [3.05, 3.63) is 22.8 Å². The molecule has 0 heterocycles. The van der Waals surface area contributed by atoms with E-state index in [1.54, 1.807) is 0 Å². The summed E-state index contributed by atoms with van der Waals surface area (Å²) in [6.45, 7) is 0.857. The van der Waals surface area contributed by atoms with Gasteiger partial charge in [-0.25, -0.2) is 0 Å². The number of hydrogen-bond donors (Lipinski definition) is 0. The Labute approximate surface area is 129 Å². The highest BCUT2D eigenvalue weighted by molar-refractivity contribution is 14.1. The maximum absolute atomic E-state index is 5.74. The van der Waals surface area contributed by atoms with Gasteiger partial charge in [0.05, 0.1) is 10.2 Å². The summed E-state index contributed by atoms with van der Waals surface area (Å²) in [5, 5.41) is 0. The fourth-order valence-corrected chi connectivity index (χ4v) is 3.51. The van der Waals surface area contributed by atoms with Gasteiger partial charge in [0.25, 0.3) is 0 Å². The average Bonchev–Trinajstić information content (AvgIpc) is 2.13. The lowest BCUT2D eigenvalue weighted by atomic mass is 10.3. The molecule has 78 valence electrons. The van der Waals surface area contributed by atoms with Crippen LogP contribution in [0.15, 0.2) is 12.1 Å². The Morgan fingerprint density at radius 1 is 1.21 bits per heavy atom. The molecule has 0 aliphatic rings. The Bertz CT molecular complexity index is 317. The molecule has 0 radical (unpaired) electrons. The highest BCUT2D eigenvalue weighted by atomic mass is 127. The van der Waals surface area contributed by atoms with Gasteiger partial charge in [-0.15, -0.1) is 0 Å². The Balaban J connectivity index is 2.75. The largest absolute Gasteiger partial charge is 0.492 e. The van der Waals surface area contributed by atoms with Crippen LogP contribution in [0.25, 0.3) is 0 Å². The molecule has 1 rings (SSSR count). The monoisotopic (exact) mass is 544 g/mol. The van der Waals surface area contributed by atoms with E-state index >= 15 is 0 Å². The topological polar surface area (TPSA) is 9.23 Å². The second-order valence-electron chi connectivity index (χ2n) is 2.90. The molecule has 1 aromatic carbocycles. The highest BCUT2D eigenvalue weighted by Crippen LogP contribution is 2.28. The molecule has 0 saturated heterocycles. The third-order valence-corrected chi connectivity index (χ3v) is 6.04. The first-order valence-electron chi connectivity index (χ1n) is 4.42. The van der Waals surface area contributed by atoms with Gasteiger partial charge in [-0.05, 0) is 86.3 Å². The third-order valence-electron chi connectivity index (χ3n) is 1.72. The lowest BCUT2D eigenvalue weighted by molar-refractivity contribution is 0.315. The van der Waals surface area contributed by atoms with Crippen LogP contribution >= 0.6 is 67.8 Å². The van der Waals surface area contributed by atoms with Crippen LogP contribution in [0.1, 0.15) is 6.42 Å². The molecule has 0 aliphatic carbocycles. The number of hydrogen-bond acceptors (Lipinski definition) is 1. The van der Waals surface area contributed by atoms with Crippen molar-refractivity contribution in [2.75, 3.05) is 6.61 Å².